The van der Waals surface area contributed by atoms with E-state index in [1.54, 1.807) is 42.5 Å². The van der Waals surface area contributed by atoms with Gasteiger partial charge in [-0.1, -0.05) is 6.07 Å². The van der Waals surface area contributed by atoms with E-state index in [1.165, 1.54) is 14.2 Å². The van der Waals surface area contributed by atoms with Gasteiger partial charge in [-0.2, -0.15) is 0 Å². The first-order valence-electron chi connectivity index (χ1n) is 10.5. The Labute approximate surface area is 190 Å². The van der Waals surface area contributed by atoms with Crippen LogP contribution in [0.4, 0.5) is 5.69 Å². The van der Waals surface area contributed by atoms with Crippen LogP contribution in [-0.4, -0.2) is 66.2 Å². The third-order valence-electron chi connectivity index (χ3n) is 5.62. The Hall–Kier alpha value is -2.78. The maximum Gasteiger partial charge on any atom is 0.268 e. The van der Waals surface area contributed by atoms with Gasteiger partial charge < -0.3 is 19.7 Å². The van der Waals surface area contributed by atoms with Gasteiger partial charge in [0.05, 0.1) is 19.9 Å². The van der Waals surface area contributed by atoms with Crippen LogP contribution in [0.15, 0.2) is 47.4 Å². The molecule has 0 aliphatic carbocycles. The van der Waals surface area contributed by atoms with Crippen molar-refractivity contribution >= 4 is 21.6 Å². The van der Waals surface area contributed by atoms with E-state index in [-0.39, 0.29) is 29.1 Å². The molecule has 1 amide bonds. The van der Waals surface area contributed by atoms with E-state index >= 15 is 0 Å². The number of nitrogens with one attached hydrogen (secondary N) is 1. The summed E-state index contributed by atoms with van der Waals surface area (Å²) >= 11 is 0. The molecule has 0 unspecified atom stereocenters. The Bertz CT molecular complexity index is 1030. The van der Waals surface area contributed by atoms with Gasteiger partial charge >= 0.3 is 0 Å². The van der Waals surface area contributed by atoms with Crippen molar-refractivity contribution in [3.63, 3.8) is 0 Å². The number of benzene rings is 2. The second kappa shape index (κ2) is 10.2. The molecule has 1 heterocycles. The third-order valence-corrected chi connectivity index (χ3v) is 7.41. The molecule has 0 saturated carbocycles. The Morgan fingerprint density at radius 2 is 1.75 bits per heavy atom. The van der Waals surface area contributed by atoms with Crippen LogP contribution in [0.2, 0.25) is 0 Å². The first kappa shape index (κ1) is 23.9. The molecule has 174 valence electrons. The lowest BCUT2D eigenvalue weighted by Crippen LogP contribution is -2.47. The zero-order valence-electron chi connectivity index (χ0n) is 19.0. The summed E-state index contributed by atoms with van der Waals surface area (Å²) in [7, 11) is 0.924. The highest BCUT2D eigenvalue weighted by Crippen LogP contribution is 2.31. The minimum atomic E-state index is -4.09. The molecule has 2 aromatic carbocycles. The fourth-order valence-corrected chi connectivity index (χ4v) is 5.39. The normalized spacial score (nSPS) is 15.2. The van der Waals surface area contributed by atoms with Gasteiger partial charge in [0.25, 0.3) is 10.0 Å². The average Bonchev–Trinajstić information content (AvgIpc) is 2.79. The Morgan fingerprint density at radius 3 is 2.34 bits per heavy atom. The number of carbonyl (C=O) groups is 1. The minimum absolute atomic E-state index is 0.0166. The number of sulfonamides is 1. The third kappa shape index (κ3) is 5.52. The molecule has 0 radical (unpaired) electrons. The number of carbonyl (C=O) groups excluding carboxylic acids is 1. The molecule has 1 saturated heterocycles. The van der Waals surface area contributed by atoms with E-state index < -0.39 is 10.0 Å². The fraction of sp³-hybridized carbons (Fsp3) is 0.435. The maximum atomic E-state index is 13.7. The number of aryl methyl sites for hydroxylation is 1. The van der Waals surface area contributed by atoms with Crippen molar-refractivity contribution in [2.45, 2.75) is 30.7 Å². The fourth-order valence-electron chi connectivity index (χ4n) is 3.72. The van der Waals surface area contributed by atoms with Crippen molar-refractivity contribution in [3.05, 3.63) is 48.0 Å². The number of rotatable bonds is 8. The zero-order valence-corrected chi connectivity index (χ0v) is 19.8. The number of methoxy groups -OCH3 is 2. The lowest BCUT2D eigenvalue weighted by Gasteiger charge is -2.30. The second-order valence-electron chi connectivity index (χ2n) is 8.01. The van der Waals surface area contributed by atoms with Crippen LogP contribution in [0.25, 0.3) is 0 Å². The van der Waals surface area contributed by atoms with Gasteiger partial charge in [0, 0.05) is 6.04 Å². The highest BCUT2D eigenvalue weighted by atomic mass is 32.2. The van der Waals surface area contributed by atoms with Crippen LogP contribution in [-0.2, 0) is 14.8 Å². The van der Waals surface area contributed by atoms with Crippen molar-refractivity contribution in [2.75, 3.05) is 45.2 Å². The standard InChI is InChI=1S/C23H31N3O5S/c1-17-5-10-21(31-4)22(15-17)32(28,29)26(19-6-8-20(30-3)9-7-19)16-23(27)24-18-11-13-25(2)14-12-18/h5-10,15,18H,11-14,16H2,1-4H3,(H,24,27). The Balaban J connectivity index is 1.93. The van der Waals surface area contributed by atoms with Gasteiger partial charge in [-0.05, 0) is 81.9 Å². The summed E-state index contributed by atoms with van der Waals surface area (Å²) in [6.45, 7) is 3.26. The highest BCUT2D eigenvalue weighted by molar-refractivity contribution is 7.93. The van der Waals surface area contributed by atoms with E-state index in [4.69, 9.17) is 9.47 Å². The van der Waals surface area contributed by atoms with Gasteiger partial charge in [0.2, 0.25) is 5.91 Å². The second-order valence-corrected chi connectivity index (χ2v) is 9.84. The zero-order chi connectivity index (χ0) is 23.3. The van der Waals surface area contributed by atoms with Gasteiger partial charge in [-0.25, -0.2) is 8.42 Å². The highest BCUT2D eigenvalue weighted by Gasteiger charge is 2.31. The van der Waals surface area contributed by atoms with E-state index in [2.05, 4.69) is 10.2 Å². The maximum absolute atomic E-state index is 13.7. The van der Waals surface area contributed by atoms with Crippen molar-refractivity contribution in [3.8, 4) is 11.5 Å². The topological polar surface area (TPSA) is 88.2 Å². The van der Waals surface area contributed by atoms with Crippen molar-refractivity contribution in [2.24, 2.45) is 0 Å². The number of amides is 1. The molecule has 0 bridgehead atoms. The van der Waals surface area contributed by atoms with E-state index in [0.29, 0.717) is 11.4 Å². The Kier molecular flexibility index (Phi) is 7.63. The molecular weight excluding hydrogens is 430 g/mol. The number of likely N-dealkylation sites (tertiary alicyclic amines) is 1. The molecule has 0 atom stereocenters. The molecule has 3 rings (SSSR count). The molecule has 1 fully saturated rings. The monoisotopic (exact) mass is 461 g/mol. The quantitative estimate of drug-likeness (QED) is 0.650. The first-order valence-corrected chi connectivity index (χ1v) is 12.0. The molecule has 1 aliphatic rings. The van der Waals surface area contributed by atoms with Crippen molar-refractivity contribution in [1.29, 1.82) is 0 Å². The molecule has 9 heteroatoms. The first-order chi connectivity index (χ1) is 15.2. The molecule has 0 spiro atoms. The SMILES string of the molecule is COc1ccc(N(CC(=O)NC2CCN(C)CC2)S(=O)(=O)c2cc(C)ccc2OC)cc1. The van der Waals surface area contributed by atoms with Crippen LogP contribution >= 0.6 is 0 Å². The van der Waals surface area contributed by atoms with Crippen LogP contribution in [0.3, 0.4) is 0 Å². The molecule has 32 heavy (non-hydrogen) atoms. The number of piperidine rings is 1. The van der Waals surface area contributed by atoms with Crippen LogP contribution < -0.4 is 19.1 Å². The van der Waals surface area contributed by atoms with Crippen molar-refractivity contribution < 1.29 is 22.7 Å². The average molecular weight is 462 g/mol. The summed E-state index contributed by atoms with van der Waals surface area (Å²) in [5.41, 5.74) is 1.14. The number of nitrogens with zero attached hydrogens (tertiary/aromatic N) is 2. The summed E-state index contributed by atoms with van der Waals surface area (Å²) in [4.78, 5) is 15.1. The summed E-state index contributed by atoms with van der Waals surface area (Å²) in [6.07, 6.45) is 1.67. The smallest absolute Gasteiger partial charge is 0.268 e. The largest absolute Gasteiger partial charge is 0.497 e. The lowest BCUT2D eigenvalue weighted by molar-refractivity contribution is -0.120. The lowest BCUT2D eigenvalue weighted by atomic mass is 10.1. The van der Waals surface area contributed by atoms with Crippen LogP contribution in [0.1, 0.15) is 18.4 Å². The van der Waals surface area contributed by atoms with E-state index in [9.17, 15) is 13.2 Å². The number of hydrogen-bond donors (Lipinski definition) is 1. The predicted molar refractivity (Wildman–Crippen MR) is 124 cm³/mol. The molecule has 8 nitrogen and oxygen atoms in total. The molecule has 0 aromatic heterocycles. The summed E-state index contributed by atoms with van der Waals surface area (Å²) in [5.74, 6) is 0.477. The molecule has 2 aromatic rings. The van der Waals surface area contributed by atoms with Gasteiger partial charge in [-0.3, -0.25) is 9.10 Å². The number of ether oxygens (including phenoxy) is 2. The molecule has 1 aliphatic heterocycles. The van der Waals surface area contributed by atoms with Gasteiger partial charge in [0.1, 0.15) is 22.9 Å². The molecular formula is C23H31N3O5S. The minimum Gasteiger partial charge on any atom is -0.497 e. The number of anilines is 1. The van der Waals surface area contributed by atoms with Crippen LogP contribution in [0, 0.1) is 6.92 Å². The molecule has 1 N–H and O–H groups in total. The van der Waals surface area contributed by atoms with Crippen LogP contribution in [0.5, 0.6) is 11.5 Å². The van der Waals surface area contributed by atoms with Gasteiger partial charge in [-0.15, -0.1) is 0 Å². The predicted octanol–water partition coefficient (Wildman–Crippen LogP) is 2.42. The summed E-state index contributed by atoms with van der Waals surface area (Å²) < 4.78 is 39.1. The van der Waals surface area contributed by atoms with Gasteiger partial charge in [0.15, 0.2) is 0 Å². The van der Waals surface area contributed by atoms with E-state index in [1.807, 2.05) is 14.0 Å². The summed E-state index contributed by atoms with van der Waals surface area (Å²) in [6, 6.07) is 11.6. The number of hydrogen-bond acceptors (Lipinski definition) is 6. The van der Waals surface area contributed by atoms with Crippen molar-refractivity contribution in [1.82, 2.24) is 10.2 Å². The Morgan fingerprint density at radius 1 is 1.09 bits per heavy atom. The summed E-state index contributed by atoms with van der Waals surface area (Å²) in [5, 5.41) is 3.00. The van der Waals surface area contributed by atoms with E-state index in [0.717, 1.165) is 35.8 Å².